The van der Waals surface area contributed by atoms with Crippen LogP contribution in [0, 0.1) is 24.0 Å². The fourth-order valence-corrected chi connectivity index (χ4v) is 3.55. The van der Waals surface area contributed by atoms with Gasteiger partial charge in [-0.3, -0.25) is 14.9 Å². The van der Waals surface area contributed by atoms with Crippen molar-refractivity contribution in [2.45, 2.75) is 13.8 Å². The molecule has 29 heavy (non-hydrogen) atoms. The number of amides is 1. The Morgan fingerprint density at radius 2 is 2.10 bits per heavy atom. The fourth-order valence-electron chi connectivity index (χ4n) is 2.77. The number of nitro groups is 1. The van der Waals surface area contributed by atoms with E-state index < -0.39 is 10.8 Å². The van der Waals surface area contributed by atoms with Crippen LogP contribution in [0.15, 0.2) is 52.5 Å². The van der Waals surface area contributed by atoms with Crippen molar-refractivity contribution in [3.05, 3.63) is 75.0 Å². The number of hydrogen-bond acceptors (Lipinski definition) is 7. The molecule has 0 saturated carbocycles. The van der Waals surface area contributed by atoms with Crippen molar-refractivity contribution in [1.29, 1.82) is 0 Å². The second-order valence-corrected chi connectivity index (χ2v) is 7.12. The molecule has 0 radical (unpaired) electrons. The average molecular weight is 409 g/mol. The summed E-state index contributed by atoms with van der Waals surface area (Å²) >= 11 is 1.35. The molecule has 10 heteroatoms. The van der Waals surface area contributed by atoms with Crippen molar-refractivity contribution in [1.82, 2.24) is 14.8 Å². The summed E-state index contributed by atoms with van der Waals surface area (Å²) in [6.07, 6.45) is 1.57. The number of benzene rings is 1. The first-order valence-electron chi connectivity index (χ1n) is 8.55. The highest BCUT2D eigenvalue weighted by molar-refractivity contribution is 7.12. The topological polar surface area (TPSA) is 116 Å². The van der Waals surface area contributed by atoms with Crippen LogP contribution < -0.4 is 5.32 Å². The molecule has 1 aromatic carbocycles. The van der Waals surface area contributed by atoms with Gasteiger partial charge in [0.15, 0.2) is 5.76 Å². The van der Waals surface area contributed by atoms with Crippen molar-refractivity contribution in [3.8, 4) is 16.6 Å². The van der Waals surface area contributed by atoms with Crippen LogP contribution in [0.3, 0.4) is 0 Å². The number of nitrogens with zero attached hydrogens (tertiary/aromatic N) is 4. The normalized spacial score (nSPS) is 10.8. The summed E-state index contributed by atoms with van der Waals surface area (Å²) in [4.78, 5) is 27.8. The molecule has 3 aromatic heterocycles. The van der Waals surface area contributed by atoms with Crippen molar-refractivity contribution < 1.29 is 14.1 Å². The van der Waals surface area contributed by atoms with E-state index in [9.17, 15) is 14.9 Å². The van der Waals surface area contributed by atoms with E-state index in [0.717, 1.165) is 0 Å². The second-order valence-electron chi connectivity index (χ2n) is 6.29. The minimum atomic E-state index is -0.508. The number of nitro benzene ring substituents is 1. The summed E-state index contributed by atoms with van der Waals surface area (Å²) in [5, 5.41) is 20.7. The maximum absolute atomic E-state index is 12.7. The summed E-state index contributed by atoms with van der Waals surface area (Å²) in [7, 11) is 0. The molecule has 1 amide bonds. The van der Waals surface area contributed by atoms with Crippen molar-refractivity contribution >= 4 is 28.7 Å². The third-order valence-corrected chi connectivity index (χ3v) is 5.00. The van der Waals surface area contributed by atoms with Gasteiger partial charge in [0.25, 0.3) is 11.6 Å². The Labute approximate surface area is 168 Å². The average Bonchev–Trinajstić information content (AvgIpc) is 3.42. The fraction of sp³-hybridized carbons (Fsp3) is 0.105. The Kier molecular flexibility index (Phi) is 4.69. The van der Waals surface area contributed by atoms with E-state index in [1.54, 1.807) is 50.4 Å². The number of aromatic nitrogens is 3. The number of hydrogen-bond donors (Lipinski definition) is 1. The quantitative estimate of drug-likeness (QED) is 0.386. The number of thiazole rings is 1. The predicted molar refractivity (Wildman–Crippen MR) is 107 cm³/mol. The van der Waals surface area contributed by atoms with E-state index >= 15 is 0 Å². The number of nitrogens with one attached hydrogen (secondary N) is 1. The van der Waals surface area contributed by atoms with Gasteiger partial charge in [0, 0.05) is 28.6 Å². The van der Waals surface area contributed by atoms with Gasteiger partial charge in [-0.15, -0.1) is 11.3 Å². The number of rotatable bonds is 5. The lowest BCUT2D eigenvalue weighted by Crippen LogP contribution is -2.15. The van der Waals surface area contributed by atoms with Crippen LogP contribution in [-0.2, 0) is 0 Å². The molecule has 0 aliphatic rings. The molecule has 4 rings (SSSR count). The van der Waals surface area contributed by atoms with Gasteiger partial charge in [-0.05, 0) is 32.0 Å². The van der Waals surface area contributed by atoms with Gasteiger partial charge in [-0.1, -0.05) is 6.07 Å². The first-order valence-corrected chi connectivity index (χ1v) is 9.43. The third kappa shape index (κ3) is 3.65. The van der Waals surface area contributed by atoms with E-state index in [1.165, 1.54) is 22.1 Å². The van der Waals surface area contributed by atoms with Gasteiger partial charge in [-0.25, -0.2) is 4.98 Å². The molecular weight excluding hydrogens is 394 g/mol. The van der Waals surface area contributed by atoms with Gasteiger partial charge in [0.1, 0.15) is 11.5 Å². The zero-order chi connectivity index (χ0) is 20.5. The highest BCUT2D eigenvalue weighted by atomic mass is 32.1. The minimum absolute atomic E-state index is 0.106. The van der Waals surface area contributed by atoms with Crippen molar-refractivity contribution in [2.75, 3.05) is 5.32 Å². The van der Waals surface area contributed by atoms with Crippen LogP contribution in [0.5, 0.6) is 0 Å². The highest BCUT2D eigenvalue weighted by Gasteiger charge is 2.18. The first-order chi connectivity index (χ1) is 13.9. The summed E-state index contributed by atoms with van der Waals surface area (Å²) in [5.74, 6) is 0.571. The number of aryl methyl sites for hydroxylation is 2. The van der Waals surface area contributed by atoms with E-state index in [0.29, 0.717) is 33.7 Å². The summed E-state index contributed by atoms with van der Waals surface area (Å²) in [6.45, 7) is 3.42. The summed E-state index contributed by atoms with van der Waals surface area (Å²) in [6, 6.07) is 9.64. The van der Waals surface area contributed by atoms with Crippen LogP contribution in [0.1, 0.15) is 21.6 Å². The van der Waals surface area contributed by atoms with Gasteiger partial charge in [0.05, 0.1) is 16.9 Å². The highest BCUT2D eigenvalue weighted by Crippen LogP contribution is 2.27. The lowest BCUT2D eigenvalue weighted by Gasteiger charge is -2.07. The molecular formula is C19H15N5O4S. The van der Waals surface area contributed by atoms with Crippen LogP contribution in [0.4, 0.5) is 11.5 Å². The van der Waals surface area contributed by atoms with Crippen LogP contribution in [-0.4, -0.2) is 25.6 Å². The van der Waals surface area contributed by atoms with E-state index in [-0.39, 0.29) is 11.3 Å². The molecule has 0 bridgehead atoms. The molecule has 0 aliphatic carbocycles. The van der Waals surface area contributed by atoms with Crippen molar-refractivity contribution in [2.24, 2.45) is 0 Å². The number of anilines is 1. The monoisotopic (exact) mass is 409 g/mol. The molecule has 0 saturated heterocycles. The Hall–Kier alpha value is -3.79. The lowest BCUT2D eigenvalue weighted by molar-refractivity contribution is -0.385. The SMILES string of the molecule is Cc1cc(NC(=O)c2ccc(C)c([N+](=O)[O-])c2)n(-c2nc(-c3ccco3)cs2)n1. The van der Waals surface area contributed by atoms with Crippen LogP contribution in [0.2, 0.25) is 0 Å². The summed E-state index contributed by atoms with van der Waals surface area (Å²) in [5.41, 5.74) is 1.91. The maximum Gasteiger partial charge on any atom is 0.273 e. The standard InChI is InChI=1S/C19H15N5O4S/c1-11-5-6-13(9-15(11)24(26)27)18(25)21-17-8-12(2)22-23(17)19-20-14(10-29-19)16-4-3-7-28-16/h3-10H,1-2H3,(H,21,25). The van der Waals surface area contributed by atoms with Gasteiger partial charge in [-0.2, -0.15) is 9.78 Å². The van der Waals surface area contributed by atoms with Crippen molar-refractivity contribution in [3.63, 3.8) is 0 Å². The number of carbonyl (C=O) groups excluding carboxylic acids is 1. The molecule has 0 spiro atoms. The Morgan fingerprint density at radius 3 is 2.83 bits per heavy atom. The second kappa shape index (κ2) is 7.32. The van der Waals surface area contributed by atoms with Crippen LogP contribution >= 0.6 is 11.3 Å². The Balaban J connectivity index is 1.63. The number of furan rings is 1. The lowest BCUT2D eigenvalue weighted by atomic mass is 10.1. The van der Waals surface area contributed by atoms with Gasteiger partial charge < -0.3 is 9.73 Å². The molecule has 0 atom stereocenters. The Morgan fingerprint density at radius 1 is 1.28 bits per heavy atom. The third-order valence-electron chi connectivity index (χ3n) is 4.19. The number of carbonyl (C=O) groups is 1. The minimum Gasteiger partial charge on any atom is -0.463 e. The first kappa shape index (κ1) is 18.6. The molecule has 3 heterocycles. The molecule has 0 unspecified atom stereocenters. The smallest absolute Gasteiger partial charge is 0.273 e. The molecule has 4 aromatic rings. The van der Waals surface area contributed by atoms with Crippen LogP contribution in [0.25, 0.3) is 16.6 Å². The van der Waals surface area contributed by atoms with E-state index in [4.69, 9.17) is 4.42 Å². The molecule has 9 nitrogen and oxygen atoms in total. The summed E-state index contributed by atoms with van der Waals surface area (Å²) < 4.78 is 6.88. The zero-order valence-corrected chi connectivity index (χ0v) is 16.3. The molecule has 0 aliphatic heterocycles. The predicted octanol–water partition coefficient (Wildman–Crippen LogP) is 4.37. The molecule has 1 N–H and O–H groups in total. The Bertz CT molecular complexity index is 1210. The van der Waals surface area contributed by atoms with E-state index in [2.05, 4.69) is 15.4 Å². The van der Waals surface area contributed by atoms with E-state index in [1.807, 2.05) is 5.38 Å². The van der Waals surface area contributed by atoms with Gasteiger partial charge in [0.2, 0.25) is 5.13 Å². The largest absolute Gasteiger partial charge is 0.463 e. The maximum atomic E-state index is 12.7. The van der Waals surface area contributed by atoms with Gasteiger partial charge >= 0.3 is 0 Å². The molecule has 146 valence electrons. The zero-order valence-electron chi connectivity index (χ0n) is 15.4. The molecule has 0 fully saturated rings.